The first-order chi connectivity index (χ1) is 10.0. The monoisotopic (exact) mass is 294 g/mol. The van der Waals surface area contributed by atoms with Crippen LogP contribution < -0.4 is 4.90 Å². The number of benzene rings is 1. The first kappa shape index (κ1) is 14.7. The highest BCUT2D eigenvalue weighted by molar-refractivity contribution is 5.93. The molecule has 0 saturated carbocycles. The minimum absolute atomic E-state index is 0.109. The summed E-state index contributed by atoms with van der Waals surface area (Å²) in [6.07, 6.45) is 0.890. The molecule has 1 heterocycles. The summed E-state index contributed by atoms with van der Waals surface area (Å²) >= 11 is 0. The van der Waals surface area contributed by atoms with Crippen molar-refractivity contribution in [3.05, 3.63) is 22.2 Å². The highest BCUT2D eigenvalue weighted by Gasteiger charge is 2.21. The highest BCUT2D eigenvalue weighted by atomic mass is 16.6. The van der Waals surface area contributed by atoms with Crippen molar-refractivity contribution >= 4 is 28.4 Å². The molecular formula is C12H14N4O5. The summed E-state index contributed by atoms with van der Waals surface area (Å²) in [4.78, 5) is 23.3. The number of aromatic nitrogens is 2. The molecule has 0 bridgehead atoms. The molecule has 1 aromatic carbocycles. The standard InChI is InChI=1S/C12H14N4O5/c1-15(7-3-4-10(17)20-2)8-5-6-9(16(18)19)12-11(8)13-21-14-12/h5-6H,3-4,7H2,1-2H3. The fourth-order valence-electron chi connectivity index (χ4n) is 1.98. The molecule has 0 aliphatic carbocycles. The van der Waals surface area contributed by atoms with Crippen molar-refractivity contribution in [2.24, 2.45) is 0 Å². The third-order valence-corrected chi connectivity index (χ3v) is 3.08. The molecule has 0 spiro atoms. The summed E-state index contributed by atoms with van der Waals surface area (Å²) in [5.74, 6) is -0.277. The first-order valence-electron chi connectivity index (χ1n) is 6.22. The molecule has 0 amide bonds. The van der Waals surface area contributed by atoms with Crippen LogP contribution in [-0.2, 0) is 9.53 Å². The molecule has 2 aromatic rings. The second-order valence-corrected chi connectivity index (χ2v) is 4.42. The molecule has 0 unspecified atom stereocenters. The Kier molecular flexibility index (Phi) is 4.31. The lowest BCUT2D eigenvalue weighted by atomic mass is 10.2. The van der Waals surface area contributed by atoms with E-state index in [0.29, 0.717) is 30.6 Å². The third kappa shape index (κ3) is 3.07. The number of carbonyl (C=O) groups excluding carboxylic acids is 1. The lowest BCUT2D eigenvalue weighted by Crippen LogP contribution is -2.20. The van der Waals surface area contributed by atoms with Crippen molar-refractivity contribution < 1.29 is 19.1 Å². The summed E-state index contributed by atoms with van der Waals surface area (Å²) in [5, 5.41) is 18.2. The average Bonchev–Trinajstić information content (AvgIpc) is 2.94. The van der Waals surface area contributed by atoms with E-state index in [4.69, 9.17) is 0 Å². The van der Waals surface area contributed by atoms with Gasteiger partial charge in [-0.05, 0) is 22.8 Å². The minimum Gasteiger partial charge on any atom is -0.469 e. The molecule has 9 nitrogen and oxygen atoms in total. The van der Waals surface area contributed by atoms with Gasteiger partial charge in [-0.2, -0.15) is 0 Å². The molecule has 0 fully saturated rings. The van der Waals surface area contributed by atoms with E-state index in [9.17, 15) is 14.9 Å². The van der Waals surface area contributed by atoms with Crippen LogP contribution in [0.5, 0.6) is 0 Å². The van der Waals surface area contributed by atoms with Gasteiger partial charge in [-0.15, -0.1) is 0 Å². The largest absolute Gasteiger partial charge is 0.469 e. The van der Waals surface area contributed by atoms with Crippen LogP contribution in [0.1, 0.15) is 12.8 Å². The molecule has 0 radical (unpaired) electrons. The van der Waals surface area contributed by atoms with Gasteiger partial charge in [0.2, 0.25) is 5.52 Å². The Morgan fingerprint density at radius 3 is 2.81 bits per heavy atom. The van der Waals surface area contributed by atoms with Gasteiger partial charge < -0.3 is 9.64 Å². The van der Waals surface area contributed by atoms with Gasteiger partial charge in [-0.3, -0.25) is 14.9 Å². The number of esters is 1. The van der Waals surface area contributed by atoms with Gasteiger partial charge in [0.05, 0.1) is 17.7 Å². The van der Waals surface area contributed by atoms with Crippen molar-refractivity contribution in [1.82, 2.24) is 10.3 Å². The van der Waals surface area contributed by atoms with Crippen LogP contribution in [0.2, 0.25) is 0 Å². The van der Waals surface area contributed by atoms with Gasteiger partial charge in [-0.1, -0.05) is 0 Å². The minimum atomic E-state index is -0.534. The number of nitro benzene ring substituents is 1. The van der Waals surface area contributed by atoms with Crippen molar-refractivity contribution in [1.29, 1.82) is 0 Å². The number of methoxy groups -OCH3 is 1. The fraction of sp³-hybridized carbons (Fsp3) is 0.417. The maximum atomic E-state index is 11.1. The fourth-order valence-corrected chi connectivity index (χ4v) is 1.98. The Bertz CT molecular complexity index is 669. The van der Waals surface area contributed by atoms with Crippen LogP contribution in [0.3, 0.4) is 0 Å². The van der Waals surface area contributed by atoms with Crippen LogP contribution in [0, 0.1) is 10.1 Å². The second-order valence-electron chi connectivity index (χ2n) is 4.42. The quantitative estimate of drug-likeness (QED) is 0.448. The predicted molar refractivity (Wildman–Crippen MR) is 73.0 cm³/mol. The summed E-state index contributed by atoms with van der Waals surface area (Å²) in [7, 11) is 3.14. The maximum absolute atomic E-state index is 11.1. The molecule has 0 atom stereocenters. The lowest BCUT2D eigenvalue weighted by Gasteiger charge is -2.18. The lowest BCUT2D eigenvalue weighted by molar-refractivity contribution is -0.383. The summed E-state index contributed by atoms with van der Waals surface area (Å²) in [5.41, 5.74) is 0.932. The van der Waals surface area contributed by atoms with Crippen molar-refractivity contribution in [3.8, 4) is 0 Å². The molecule has 0 saturated heterocycles. The highest BCUT2D eigenvalue weighted by Crippen LogP contribution is 2.30. The molecule has 1 aromatic heterocycles. The zero-order valence-electron chi connectivity index (χ0n) is 11.6. The van der Waals surface area contributed by atoms with E-state index in [0.717, 1.165) is 0 Å². The number of rotatable bonds is 6. The average molecular weight is 294 g/mol. The van der Waals surface area contributed by atoms with Crippen LogP contribution >= 0.6 is 0 Å². The number of hydrogen-bond donors (Lipinski definition) is 0. The first-order valence-corrected chi connectivity index (χ1v) is 6.22. The topological polar surface area (TPSA) is 112 Å². The van der Waals surface area contributed by atoms with E-state index < -0.39 is 4.92 Å². The van der Waals surface area contributed by atoms with Crippen molar-refractivity contribution in [2.75, 3.05) is 25.6 Å². The molecule has 21 heavy (non-hydrogen) atoms. The Hall–Kier alpha value is -2.71. The zero-order chi connectivity index (χ0) is 15.4. The van der Waals surface area contributed by atoms with E-state index in [2.05, 4.69) is 19.7 Å². The van der Waals surface area contributed by atoms with Gasteiger partial charge in [0, 0.05) is 26.1 Å². The van der Waals surface area contributed by atoms with Gasteiger partial charge in [0.25, 0.3) is 0 Å². The van der Waals surface area contributed by atoms with Crippen molar-refractivity contribution in [2.45, 2.75) is 12.8 Å². The number of carbonyl (C=O) groups is 1. The normalized spacial score (nSPS) is 10.6. The number of hydrogen-bond acceptors (Lipinski definition) is 8. The predicted octanol–water partition coefficient (Wildman–Crippen LogP) is 1.52. The number of anilines is 1. The molecular weight excluding hydrogens is 280 g/mol. The number of fused-ring (bicyclic) bond motifs is 1. The number of non-ortho nitro benzene ring substituents is 1. The smallest absolute Gasteiger partial charge is 0.305 e. The molecule has 2 rings (SSSR count). The van der Waals surface area contributed by atoms with E-state index in [1.54, 1.807) is 13.1 Å². The van der Waals surface area contributed by atoms with Crippen molar-refractivity contribution in [3.63, 3.8) is 0 Å². The maximum Gasteiger partial charge on any atom is 0.305 e. The summed E-state index contributed by atoms with van der Waals surface area (Å²) in [6, 6.07) is 2.95. The summed E-state index contributed by atoms with van der Waals surface area (Å²) < 4.78 is 9.17. The second kappa shape index (κ2) is 6.16. The Morgan fingerprint density at radius 2 is 2.14 bits per heavy atom. The molecule has 0 N–H and O–H groups in total. The van der Waals surface area contributed by atoms with Gasteiger partial charge in [0.1, 0.15) is 0 Å². The van der Waals surface area contributed by atoms with E-state index in [-0.39, 0.29) is 17.2 Å². The molecule has 112 valence electrons. The van der Waals surface area contributed by atoms with E-state index in [1.807, 2.05) is 4.90 Å². The third-order valence-electron chi connectivity index (χ3n) is 3.08. The molecule has 0 aliphatic rings. The molecule has 9 heteroatoms. The number of nitrogens with zero attached hydrogens (tertiary/aromatic N) is 4. The SMILES string of the molecule is COC(=O)CCCN(C)c1ccc([N+](=O)[O-])c2nonc12. The van der Waals surface area contributed by atoms with E-state index in [1.165, 1.54) is 13.2 Å². The Labute approximate surface area is 119 Å². The van der Waals surface area contributed by atoms with E-state index >= 15 is 0 Å². The Morgan fingerprint density at radius 1 is 1.43 bits per heavy atom. The van der Waals surface area contributed by atoms with Crippen LogP contribution in [-0.4, -0.2) is 41.9 Å². The summed E-state index contributed by atoms with van der Waals surface area (Å²) in [6.45, 7) is 0.564. The van der Waals surface area contributed by atoms with Gasteiger partial charge >= 0.3 is 11.7 Å². The van der Waals surface area contributed by atoms with Crippen LogP contribution in [0.4, 0.5) is 11.4 Å². The number of nitro groups is 1. The number of ether oxygens (including phenoxy) is 1. The Balaban J connectivity index is 2.18. The van der Waals surface area contributed by atoms with Crippen LogP contribution in [0.25, 0.3) is 11.0 Å². The molecule has 0 aliphatic heterocycles. The van der Waals surface area contributed by atoms with Gasteiger partial charge in [-0.25, -0.2) is 4.63 Å². The zero-order valence-corrected chi connectivity index (χ0v) is 11.6. The van der Waals surface area contributed by atoms with Gasteiger partial charge in [0.15, 0.2) is 5.52 Å². The van der Waals surface area contributed by atoms with Crippen LogP contribution in [0.15, 0.2) is 16.8 Å².